The van der Waals surface area contributed by atoms with Gasteiger partial charge in [-0.3, -0.25) is 0 Å². The average molecular weight is 392 g/mol. The Morgan fingerprint density at radius 1 is 0.897 bits per heavy atom. The fraction of sp³-hybridized carbons (Fsp3) is 0.280. The van der Waals surface area contributed by atoms with Crippen LogP contribution in [0.5, 0.6) is 5.75 Å². The molecule has 0 amide bonds. The van der Waals surface area contributed by atoms with E-state index in [2.05, 4.69) is 25.1 Å². The maximum Gasteiger partial charge on any atom is 0.120 e. The zero-order valence-corrected chi connectivity index (χ0v) is 16.9. The molecule has 3 N–H and O–H groups in total. The van der Waals surface area contributed by atoms with Gasteiger partial charge in [0.15, 0.2) is 0 Å². The molecule has 0 spiro atoms. The number of hydrogen-bond donors (Lipinski definition) is 3. The molecule has 0 saturated heterocycles. The number of aliphatic hydroxyl groups excluding tert-OH is 3. The largest absolute Gasteiger partial charge is 0.489 e. The van der Waals surface area contributed by atoms with Gasteiger partial charge in [-0.1, -0.05) is 49.4 Å². The molecule has 0 saturated carbocycles. The molecule has 0 fully saturated rings. The van der Waals surface area contributed by atoms with Gasteiger partial charge in [-0.05, 0) is 70.5 Å². The average Bonchev–Trinajstić information content (AvgIpc) is 2.76. The van der Waals surface area contributed by atoms with Gasteiger partial charge in [-0.25, -0.2) is 0 Å². The summed E-state index contributed by atoms with van der Waals surface area (Å²) in [4.78, 5) is 0. The molecule has 3 aromatic rings. The molecule has 3 aromatic carbocycles. The molecule has 0 bridgehead atoms. The Bertz CT molecular complexity index is 965. The van der Waals surface area contributed by atoms with E-state index < -0.39 is 6.10 Å². The van der Waals surface area contributed by atoms with Crippen molar-refractivity contribution in [1.82, 2.24) is 0 Å². The minimum atomic E-state index is -0.427. The highest BCUT2D eigenvalue weighted by atomic mass is 16.5. The van der Waals surface area contributed by atoms with Gasteiger partial charge in [0.2, 0.25) is 0 Å². The summed E-state index contributed by atoms with van der Waals surface area (Å²) in [6.45, 7) is 4.20. The number of benzene rings is 3. The van der Waals surface area contributed by atoms with Gasteiger partial charge < -0.3 is 20.1 Å². The minimum Gasteiger partial charge on any atom is -0.489 e. The fourth-order valence-electron chi connectivity index (χ4n) is 3.44. The smallest absolute Gasteiger partial charge is 0.120 e. The van der Waals surface area contributed by atoms with Crippen LogP contribution >= 0.6 is 0 Å². The summed E-state index contributed by atoms with van der Waals surface area (Å²) in [6.07, 6.45) is 0.270. The second-order valence-corrected chi connectivity index (χ2v) is 7.23. The lowest BCUT2D eigenvalue weighted by Gasteiger charge is -2.14. The van der Waals surface area contributed by atoms with Crippen LogP contribution in [0.1, 0.15) is 47.3 Å². The molecule has 152 valence electrons. The number of hydrogen-bond acceptors (Lipinski definition) is 4. The Morgan fingerprint density at radius 3 is 2.38 bits per heavy atom. The van der Waals surface area contributed by atoms with Crippen LogP contribution in [0.3, 0.4) is 0 Å². The first-order valence-corrected chi connectivity index (χ1v) is 9.90. The SMILES string of the molecule is CCC(O)c1ccc(-c2cccc(COc3ccc(CO)c(CO)c3)c2)c(C)c1. The molecular formula is C25H28O4. The third kappa shape index (κ3) is 5.04. The monoisotopic (exact) mass is 392 g/mol. The van der Waals surface area contributed by atoms with Crippen molar-refractivity contribution < 1.29 is 20.1 Å². The Hall–Kier alpha value is -2.66. The van der Waals surface area contributed by atoms with Crippen molar-refractivity contribution in [2.75, 3.05) is 0 Å². The zero-order valence-electron chi connectivity index (χ0n) is 16.9. The first-order chi connectivity index (χ1) is 14.0. The predicted octanol–water partition coefficient (Wildman–Crippen LogP) is 4.67. The van der Waals surface area contributed by atoms with Gasteiger partial charge in [0, 0.05) is 0 Å². The standard InChI is InChI=1S/C25H28O4/c1-3-25(28)20-8-10-24(17(2)11-20)19-6-4-5-18(12-19)16-29-23-9-7-21(14-26)22(13-23)15-27/h4-13,25-28H,3,14-16H2,1-2H3. The van der Waals surface area contributed by atoms with Crippen molar-refractivity contribution in [2.24, 2.45) is 0 Å². The highest BCUT2D eigenvalue weighted by molar-refractivity contribution is 5.68. The summed E-state index contributed by atoms with van der Waals surface area (Å²) in [7, 11) is 0. The molecule has 0 heterocycles. The van der Waals surface area contributed by atoms with E-state index in [0.29, 0.717) is 29.9 Å². The Kier molecular flexibility index (Phi) is 7.04. The van der Waals surface area contributed by atoms with E-state index in [1.54, 1.807) is 18.2 Å². The quantitative estimate of drug-likeness (QED) is 0.521. The van der Waals surface area contributed by atoms with Crippen molar-refractivity contribution >= 4 is 0 Å². The molecule has 1 unspecified atom stereocenters. The van der Waals surface area contributed by atoms with Gasteiger partial charge in [-0.15, -0.1) is 0 Å². The van der Waals surface area contributed by atoms with Crippen LogP contribution in [0.15, 0.2) is 60.7 Å². The van der Waals surface area contributed by atoms with Crippen LogP contribution in [0, 0.1) is 6.92 Å². The van der Waals surface area contributed by atoms with Crippen LogP contribution in [0.25, 0.3) is 11.1 Å². The second kappa shape index (κ2) is 9.70. The van der Waals surface area contributed by atoms with E-state index in [1.165, 1.54) is 0 Å². The minimum absolute atomic E-state index is 0.106. The van der Waals surface area contributed by atoms with Crippen molar-refractivity contribution in [2.45, 2.75) is 46.2 Å². The molecule has 4 nitrogen and oxygen atoms in total. The predicted molar refractivity (Wildman–Crippen MR) is 114 cm³/mol. The van der Waals surface area contributed by atoms with Crippen LogP contribution in [-0.4, -0.2) is 15.3 Å². The molecule has 0 aliphatic rings. The lowest BCUT2D eigenvalue weighted by molar-refractivity contribution is 0.173. The summed E-state index contributed by atoms with van der Waals surface area (Å²) in [6, 6.07) is 19.6. The van der Waals surface area contributed by atoms with Gasteiger partial charge in [0.25, 0.3) is 0 Å². The van der Waals surface area contributed by atoms with Gasteiger partial charge in [0.1, 0.15) is 12.4 Å². The van der Waals surface area contributed by atoms with Crippen LogP contribution < -0.4 is 4.74 Å². The Labute approximate surface area is 172 Å². The van der Waals surface area contributed by atoms with Crippen molar-refractivity contribution in [1.29, 1.82) is 0 Å². The number of ether oxygens (including phenoxy) is 1. The maximum absolute atomic E-state index is 10.1. The lowest BCUT2D eigenvalue weighted by atomic mass is 9.95. The first-order valence-electron chi connectivity index (χ1n) is 9.90. The Morgan fingerprint density at radius 2 is 1.69 bits per heavy atom. The molecule has 0 aliphatic carbocycles. The summed E-state index contributed by atoms with van der Waals surface area (Å²) in [5, 5.41) is 28.8. The Balaban J connectivity index is 1.76. The summed E-state index contributed by atoms with van der Waals surface area (Å²) < 4.78 is 5.89. The third-order valence-corrected chi connectivity index (χ3v) is 5.18. The normalized spacial score (nSPS) is 12.0. The number of aliphatic hydroxyl groups is 3. The van der Waals surface area contributed by atoms with Crippen LogP contribution in [-0.2, 0) is 19.8 Å². The molecule has 1 atom stereocenters. The lowest BCUT2D eigenvalue weighted by Crippen LogP contribution is -1.99. The molecular weight excluding hydrogens is 364 g/mol. The van der Waals surface area contributed by atoms with Crippen molar-refractivity contribution in [3.63, 3.8) is 0 Å². The maximum atomic E-state index is 10.1. The molecule has 0 aliphatic heterocycles. The van der Waals surface area contributed by atoms with E-state index in [0.717, 1.165) is 27.8 Å². The summed E-state index contributed by atoms with van der Waals surface area (Å²) >= 11 is 0. The molecule has 0 aromatic heterocycles. The van der Waals surface area contributed by atoms with Crippen molar-refractivity contribution in [3.8, 4) is 16.9 Å². The van der Waals surface area contributed by atoms with Gasteiger partial charge in [0.05, 0.1) is 19.3 Å². The van der Waals surface area contributed by atoms with Crippen LogP contribution in [0.2, 0.25) is 0 Å². The van der Waals surface area contributed by atoms with E-state index in [1.807, 2.05) is 31.2 Å². The zero-order chi connectivity index (χ0) is 20.8. The highest BCUT2D eigenvalue weighted by Crippen LogP contribution is 2.28. The molecule has 0 radical (unpaired) electrons. The van der Waals surface area contributed by atoms with Crippen molar-refractivity contribution in [3.05, 3.63) is 88.5 Å². The molecule has 4 heteroatoms. The summed E-state index contributed by atoms with van der Waals surface area (Å²) in [5.74, 6) is 0.658. The first kappa shape index (κ1) is 21.1. The topological polar surface area (TPSA) is 69.9 Å². The van der Waals surface area contributed by atoms with Gasteiger partial charge >= 0.3 is 0 Å². The van der Waals surface area contributed by atoms with E-state index in [9.17, 15) is 15.3 Å². The second-order valence-electron chi connectivity index (χ2n) is 7.23. The van der Waals surface area contributed by atoms with E-state index >= 15 is 0 Å². The summed E-state index contributed by atoms with van der Waals surface area (Å²) in [5.41, 5.74) is 6.72. The fourth-order valence-corrected chi connectivity index (χ4v) is 3.44. The van der Waals surface area contributed by atoms with Gasteiger partial charge in [-0.2, -0.15) is 0 Å². The third-order valence-electron chi connectivity index (χ3n) is 5.18. The van der Waals surface area contributed by atoms with Crippen LogP contribution in [0.4, 0.5) is 0 Å². The number of aryl methyl sites for hydroxylation is 1. The van der Waals surface area contributed by atoms with E-state index in [-0.39, 0.29) is 13.2 Å². The molecule has 3 rings (SSSR count). The van der Waals surface area contributed by atoms with E-state index in [4.69, 9.17) is 4.74 Å². The number of rotatable bonds is 8. The molecule has 29 heavy (non-hydrogen) atoms. The highest BCUT2D eigenvalue weighted by Gasteiger charge is 2.09.